The van der Waals surface area contributed by atoms with E-state index in [4.69, 9.17) is 10.00 Å². The lowest BCUT2D eigenvalue weighted by molar-refractivity contribution is 0.236. The highest BCUT2D eigenvalue weighted by molar-refractivity contribution is 7.98. The first-order valence-corrected chi connectivity index (χ1v) is 7.89. The van der Waals surface area contributed by atoms with E-state index in [0.29, 0.717) is 18.2 Å². The summed E-state index contributed by atoms with van der Waals surface area (Å²) >= 11 is 1.88. The summed E-state index contributed by atoms with van der Waals surface area (Å²) in [5.74, 6) is 1.99. The zero-order valence-corrected chi connectivity index (χ0v) is 12.7. The Kier molecular flexibility index (Phi) is 7.39. The van der Waals surface area contributed by atoms with Crippen LogP contribution in [0.4, 0.5) is 0 Å². The highest BCUT2D eigenvalue weighted by Gasteiger charge is 2.07. The van der Waals surface area contributed by atoms with E-state index in [9.17, 15) is 0 Å². The molecule has 19 heavy (non-hydrogen) atoms. The second-order valence-electron chi connectivity index (χ2n) is 4.62. The monoisotopic (exact) mass is 278 g/mol. The Morgan fingerprint density at radius 3 is 2.63 bits per heavy atom. The molecule has 1 rings (SSSR count). The van der Waals surface area contributed by atoms with E-state index in [1.807, 2.05) is 23.9 Å². The first-order chi connectivity index (χ1) is 9.17. The predicted molar refractivity (Wildman–Crippen MR) is 81.7 cm³/mol. The summed E-state index contributed by atoms with van der Waals surface area (Å²) in [6.45, 7) is 4.00. The zero-order chi connectivity index (χ0) is 14.1. The van der Waals surface area contributed by atoms with Crippen LogP contribution in [0.15, 0.2) is 24.3 Å². The van der Waals surface area contributed by atoms with E-state index in [-0.39, 0.29) is 0 Å². The lowest BCUT2D eigenvalue weighted by Crippen LogP contribution is -2.32. The van der Waals surface area contributed by atoms with Gasteiger partial charge >= 0.3 is 0 Å². The van der Waals surface area contributed by atoms with E-state index in [0.717, 1.165) is 24.5 Å². The minimum absolute atomic E-state index is 0.602. The third-order valence-corrected chi connectivity index (χ3v) is 3.88. The normalized spacial score (nSPS) is 12.2. The zero-order valence-electron chi connectivity index (χ0n) is 11.9. The van der Waals surface area contributed by atoms with E-state index in [1.54, 1.807) is 12.1 Å². The van der Waals surface area contributed by atoms with Crippen molar-refractivity contribution in [1.82, 2.24) is 4.90 Å². The standard InChI is InChI=1S/C15H22N2OS/c1-13(12-19-3)17(2)9-4-10-18-15-7-5-14(11-16)6-8-15/h5-8,13H,4,9-10,12H2,1-3H3. The van der Waals surface area contributed by atoms with Gasteiger partial charge in [0.2, 0.25) is 0 Å². The van der Waals surface area contributed by atoms with Crippen molar-refractivity contribution in [3.8, 4) is 11.8 Å². The molecule has 0 heterocycles. The van der Waals surface area contributed by atoms with E-state index in [1.165, 1.54) is 0 Å². The Bertz CT molecular complexity index is 400. The molecule has 4 heteroatoms. The summed E-state index contributed by atoms with van der Waals surface area (Å²) in [4.78, 5) is 2.36. The molecule has 1 aromatic carbocycles. The van der Waals surface area contributed by atoms with Gasteiger partial charge in [0.15, 0.2) is 0 Å². The number of hydrogen-bond acceptors (Lipinski definition) is 4. The number of nitriles is 1. The summed E-state index contributed by atoms with van der Waals surface area (Å²) in [5, 5.41) is 8.70. The Morgan fingerprint density at radius 1 is 1.37 bits per heavy atom. The molecular weight excluding hydrogens is 256 g/mol. The molecule has 0 fully saturated rings. The summed E-state index contributed by atoms with van der Waals surface area (Å²) in [6, 6.07) is 9.95. The van der Waals surface area contributed by atoms with Crippen LogP contribution in [0, 0.1) is 11.3 Å². The van der Waals surface area contributed by atoms with Crippen molar-refractivity contribution in [2.45, 2.75) is 19.4 Å². The third kappa shape index (κ3) is 6.00. The van der Waals surface area contributed by atoms with E-state index >= 15 is 0 Å². The number of ether oxygens (including phenoxy) is 1. The summed E-state index contributed by atoms with van der Waals surface area (Å²) < 4.78 is 5.65. The van der Waals surface area contributed by atoms with Crippen molar-refractivity contribution >= 4 is 11.8 Å². The molecule has 0 saturated heterocycles. The maximum Gasteiger partial charge on any atom is 0.119 e. The molecule has 1 unspecified atom stereocenters. The molecule has 0 spiro atoms. The minimum Gasteiger partial charge on any atom is -0.494 e. The van der Waals surface area contributed by atoms with Crippen LogP contribution in [0.25, 0.3) is 0 Å². The van der Waals surface area contributed by atoms with Crippen LogP contribution in [0.3, 0.4) is 0 Å². The van der Waals surface area contributed by atoms with Gasteiger partial charge in [-0.15, -0.1) is 0 Å². The summed E-state index contributed by atoms with van der Waals surface area (Å²) in [5.41, 5.74) is 0.665. The van der Waals surface area contributed by atoms with E-state index in [2.05, 4.69) is 31.2 Å². The fourth-order valence-corrected chi connectivity index (χ4v) is 2.46. The molecule has 1 atom stereocenters. The Hall–Kier alpha value is -1.18. The molecule has 104 valence electrons. The lowest BCUT2D eigenvalue weighted by atomic mass is 10.2. The maximum absolute atomic E-state index is 8.70. The van der Waals surface area contributed by atoms with Gasteiger partial charge in [0.1, 0.15) is 5.75 Å². The van der Waals surface area contributed by atoms with Crippen molar-refractivity contribution < 1.29 is 4.74 Å². The molecule has 0 amide bonds. The van der Waals surface area contributed by atoms with Gasteiger partial charge in [-0.3, -0.25) is 0 Å². The first-order valence-electron chi connectivity index (χ1n) is 6.49. The van der Waals surface area contributed by atoms with Crippen molar-refractivity contribution in [3.05, 3.63) is 29.8 Å². The number of nitrogens with zero attached hydrogens (tertiary/aromatic N) is 2. The molecule has 0 aromatic heterocycles. The lowest BCUT2D eigenvalue weighted by Gasteiger charge is -2.23. The molecule has 0 aliphatic heterocycles. The second-order valence-corrected chi connectivity index (χ2v) is 5.53. The number of rotatable bonds is 8. The van der Waals surface area contributed by atoms with Crippen molar-refractivity contribution in [2.24, 2.45) is 0 Å². The molecule has 0 aliphatic rings. The largest absolute Gasteiger partial charge is 0.494 e. The van der Waals surface area contributed by atoms with Gasteiger partial charge in [0.05, 0.1) is 18.2 Å². The van der Waals surface area contributed by atoms with E-state index < -0.39 is 0 Å². The minimum atomic E-state index is 0.602. The van der Waals surface area contributed by atoms with Crippen LogP contribution in [0.2, 0.25) is 0 Å². The van der Waals surface area contributed by atoms with Crippen LogP contribution >= 0.6 is 11.8 Å². The van der Waals surface area contributed by atoms with Gasteiger partial charge in [0.25, 0.3) is 0 Å². The molecule has 0 radical (unpaired) electrons. The summed E-state index contributed by atoms with van der Waals surface area (Å²) in [7, 11) is 2.16. The number of hydrogen-bond donors (Lipinski definition) is 0. The molecule has 1 aromatic rings. The van der Waals surface area contributed by atoms with Gasteiger partial charge in [-0.05, 0) is 50.9 Å². The van der Waals surface area contributed by atoms with Crippen LogP contribution < -0.4 is 4.74 Å². The maximum atomic E-state index is 8.70. The quantitative estimate of drug-likeness (QED) is 0.685. The van der Waals surface area contributed by atoms with Gasteiger partial charge in [-0.25, -0.2) is 0 Å². The average molecular weight is 278 g/mol. The van der Waals surface area contributed by atoms with Crippen LogP contribution in [-0.2, 0) is 0 Å². The van der Waals surface area contributed by atoms with Crippen LogP contribution in [0.1, 0.15) is 18.9 Å². The predicted octanol–water partition coefficient (Wildman–Crippen LogP) is 3.01. The number of benzene rings is 1. The topological polar surface area (TPSA) is 36.3 Å². The summed E-state index contributed by atoms with van der Waals surface area (Å²) in [6.07, 6.45) is 3.15. The van der Waals surface area contributed by atoms with Gasteiger partial charge < -0.3 is 9.64 Å². The van der Waals surface area contributed by atoms with Crippen LogP contribution in [0.5, 0.6) is 5.75 Å². The first kappa shape index (κ1) is 15.9. The van der Waals surface area contributed by atoms with Gasteiger partial charge in [0, 0.05) is 18.3 Å². The SMILES string of the molecule is CSCC(C)N(C)CCCOc1ccc(C#N)cc1. The smallest absolute Gasteiger partial charge is 0.119 e. The third-order valence-electron chi connectivity index (χ3n) is 3.07. The average Bonchev–Trinajstić information content (AvgIpc) is 2.44. The highest BCUT2D eigenvalue weighted by atomic mass is 32.2. The molecule has 3 nitrogen and oxygen atoms in total. The molecule has 0 bridgehead atoms. The molecule has 0 N–H and O–H groups in total. The van der Waals surface area contributed by atoms with Crippen molar-refractivity contribution in [3.63, 3.8) is 0 Å². The van der Waals surface area contributed by atoms with Gasteiger partial charge in [-0.1, -0.05) is 0 Å². The Morgan fingerprint density at radius 2 is 2.05 bits per heavy atom. The molecule has 0 saturated carbocycles. The number of thioether (sulfide) groups is 1. The molecule has 0 aliphatic carbocycles. The van der Waals surface area contributed by atoms with Crippen LogP contribution in [-0.4, -0.2) is 43.1 Å². The Labute approximate surface area is 120 Å². The van der Waals surface area contributed by atoms with Gasteiger partial charge in [-0.2, -0.15) is 17.0 Å². The fourth-order valence-electron chi connectivity index (χ4n) is 1.72. The fraction of sp³-hybridized carbons (Fsp3) is 0.533. The van der Waals surface area contributed by atoms with Crippen molar-refractivity contribution in [1.29, 1.82) is 5.26 Å². The highest BCUT2D eigenvalue weighted by Crippen LogP contribution is 2.12. The molecular formula is C15H22N2OS. The second kappa shape index (κ2) is 8.84. The Balaban J connectivity index is 2.21. The van der Waals surface area contributed by atoms with Crippen molar-refractivity contribution in [2.75, 3.05) is 32.2 Å².